The zero-order valence-electron chi connectivity index (χ0n) is 13.7. The van der Waals surface area contributed by atoms with Crippen molar-refractivity contribution in [2.45, 2.75) is 20.0 Å². The summed E-state index contributed by atoms with van der Waals surface area (Å²) in [5.74, 6) is 1.68. The highest BCUT2D eigenvalue weighted by molar-refractivity contribution is 6.32. The van der Waals surface area contributed by atoms with Crippen molar-refractivity contribution < 1.29 is 13.9 Å². The fraction of sp³-hybridized carbons (Fsp3) is 0.211. The average molecular weight is 344 g/mol. The summed E-state index contributed by atoms with van der Waals surface area (Å²) >= 11 is 6.33. The highest BCUT2D eigenvalue weighted by Gasteiger charge is 2.12. The highest BCUT2D eigenvalue weighted by Crippen LogP contribution is 2.37. The van der Waals surface area contributed by atoms with E-state index in [4.69, 9.17) is 25.5 Å². The Morgan fingerprint density at radius 3 is 2.67 bits per heavy atom. The molecular formula is C19H18ClNO3. The van der Waals surface area contributed by atoms with E-state index in [9.17, 15) is 0 Å². The lowest BCUT2D eigenvalue weighted by molar-refractivity contribution is 0.230. The van der Waals surface area contributed by atoms with E-state index in [-0.39, 0.29) is 6.10 Å². The van der Waals surface area contributed by atoms with Gasteiger partial charge in [0.15, 0.2) is 17.1 Å². The van der Waals surface area contributed by atoms with Crippen LogP contribution in [0.3, 0.4) is 0 Å². The summed E-state index contributed by atoms with van der Waals surface area (Å²) in [4.78, 5) is 4.41. The third-order valence-electron chi connectivity index (χ3n) is 3.33. The first-order chi connectivity index (χ1) is 11.6. The van der Waals surface area contributed by atoms with Crippen LogP contribution in [0.1, 0.15) is 25.3 Å². The van der Waals surface area contributed by atoms with Crippen LogP contribution in [0.5, 0.6) is 11.5 Å². The van der Waals surface area contributed by atoms with Crippen LogP contribution >= 0.6 is 11.6 Å². The predicted molar refractivity (Wildman–Crippen MR) is 96.7 cm³/mol. The SMILES string of the molecule is COc1cc(C=Cc2nc3ccccc3o2)cc(Cl)c1OC(C)C. The number of rotatable bonds is 5. The second kappa shape index (κ2) is 6.97. The standard InChI is InChI=1S/C19H18ClNO3/c1-12(2)23-19-14(20)10-13(11-17(19)22-3)8-9-18-21-15-6-4-5-7-16(15)24-18/h4-12H,1-3H3. The molecule has 0 aliphatic rings. The maximum atomic E-state index is 6.33. The van der Waals surface area contributed by atoms with Crippen LogP contribution < -0.4 is 9.47 Å². The largest absolute Gasteiger partial charge is 0.493 e. The van der Waals surface area contributed by atoms with Crippen molar-refractivity contribution >= 4 is 34.9 Å². The zero-order chi connectivity index (χ0) is 17.1. The second-order valence-electron chi connectivity index (χ2n) is 5.55. The van der Waals surface area contributed by atoms with Gasteiger partial charge < -0.3 is 13.9 Å². The Morgan fingerprint density at radius 2 is 1.96 bits per heavy atom. The van der Waals surface area contributed by atoms with Crippen LogP contribution in [0.25, 0.3) is 23.3 Å². The van der Waals surface area contributed by atoms with Crippen LogP contribution in [0.2, 0.25) is 5.02 Å². The molecule has 0 atom stereocenters. The number of hydrogen-bond donors (Lipinski definition) is 0. The molecule has 0 amide bonds. The number of halogens is 1. The molecule has 5 heteroatoms. The molecule has 0 bridgehead atoms. The molecule has 0 aliphatic carbocycles. The van der Waals surface area contributed by atoms with Crippen molar-refractivity contribution in [3.8, 4) is 11.5 Å². The molecule has 0 unspecified atom stereocenters. The van der Waals surface area contributed by atoms with Crippen molar-refractivity contribution in [2.24, 2.45) is 0 Å². The molecule has 0 aliphatic heterocycles. The van der Waals surface area contributed by atoms with Gasteiger partial charge >= 0.3 is 0 Å². The summed E-state index contributed by atoms with van der Waals surface area (Å²) in [6.07, 6.45) is 3.68. The molecule has 124 valence electrons. The third-order valence-corrected chi connectivity index (χ3v) is 3.61. The minimum atomic E-state index is 0.0116. The summed E-state index contributed by atoms with van der Waals surface area (Å²) in [5, 5.41) is 0.500. The van der Waals surface area contributed by atoms with Gasteiger partial charge in [-0.15, -0.1) is 0 Å². The second-order valence-corrected chi connectivity index (χ2v) is 5.96. The molecule has 4 nitrogen and oxygen atoms in total. The molecule has 1 aromatic heterocycles. The van der Waals surface area contributed by atoms with Crippen molar-refractivity contribution in [1.29, 1.82) is 0 Å². The first-order valence-electron chi connectivity index (χ1n) is 7.64. The van der Waals surface area contributed by atoms with E-state index in [0.29, 0.717) is 22.4 Å². The molecule has 0 fully saturated rings. The van der Waals surface area contributed by atoms with E-state index >= 15 is 0 Å². The highest BCUT2D eigenvalue weighted by atomic mass is 35.5. The fourth-order valence-corrected chi connectivity index (χ4v) is 2.58. The zero-order valence-corrected chi connectivity index (χ0v) is 14.5. The van der Waals surface area contributed by atoms with Crippen molar-refractivity contribution in [3.63, 3.8) is 0 Å². The number of oxazole rings is 1. The fourth-order valence-electron chi connectivity index (χ4n) is 2.31. The van der Waals surface area contributed by atoms with Gasteiger partial charge in [0.25, 0.3) is 0 Å². The van der Waals surface area contributed by atoms with Gasteiger partial charge in [0.2, 0.25) is 5.89 Å². The van der Waals surface area contributed by atoms with Gasteiger partial charge in [-0.3, -0.25) is 0 Å². The van der Waals surface area contributed by atoms with E-state index in [1.54, 1.807) is 13.2 Å². The molecule has 3 aromatic rings. The summed E-state index contributed by atoms with van der Waals surface area (Å²) < 4.78 is 16.8. The summed E-state index contributed by atoms with van der Waals surface area (Å²) in [7, 11) is 1.59. The van der Waals surface area contributed by atoms with E-state index in [0.717, 1.165) is 16.7 Å². The predicted octanol–water partition coefficient (Wildman–Crippen LogP) is 5.45. The van der Waals surface area contributed by atoms with Crippen molar-refractivity contribution in [3.05, 3.63) is 52.9 Å². The van der Waals surface area contributed by atoms with Gasteiger partial charge in [0, 0.05) is 6.08 Å². The monoisotopic (exact) mass is 343 g/mol. The molecule has 3 rings (SSSR count). The number of para-hydroxylation sites is 2. The first-order valence-corrected chi connectivity index (χ1v) is 8.02. The quantitative estimate of drug-likeness (QED) is 0.618. The van der Waals surface area contributed by atoms with Gasteiger partial charge in [-0.05, 0) is 49.8 Å². The lowest BCUT2D eigenvalue weighted by Gasteiger charge is -2.15. The van der Waals surface area contributed by atoms with Crippen LogP contribution in [-0.2, 0) is 0 Å². The number of ether oxygens (including phenoxy) is 2. The normalized spacial score (nSPS) is 11.5. The lowest BCUT2D eigenvalue weighted by atomic mass is 10.2. The number of fused-ring (bicyclic) bond motifs is 1. The van der Waals surface area contributed by atoms with Gasteiger partial charge in [0.05, 0.1) is 18.2 Å². The number of nitrogens with zero attached hydrogens (tertiary/aromatic N) is 1. The van der Waals surface area contributed by atoms with Gasteiger partial charge in [0.1, 0.15) is 5.52 Å². The molecule has 1 heterocycles. The minimum Gasteiger partial charge on any atom is -0.493 e. The average Bonchev–Trinajstić information content (AvgIpc) is 2.97. The Bertz CT molecular complexity index is 850. The van der Waals surface area contributed by atoms with E-state index in [2.05, 4.69) is 4.98 Å². The molecule has 0 N–H and O–H groups in total. The maximum absolute atomic E-state index is 6.33. The molecular weight excluding hydrogens is 326 g/mol. The molecule has 0 saturated carbocycles. The number of methoxy groups -OCH3 is 1. The number of aromatic nitrogens is 1. The Kier molecular flexibility index (Phi) is 4.76. The number of benzene rings is 2. The molecule has 2 aromatic carbocycles. The molecule has 0 spiro atoms. The first kappa shape index (κ1) is 16.4. The topological polar surface area (TPSA) is 44.5 Å². The number of hydrogen-bond acceptors (Lipinski definition) is 4. The maximum Gasteiger partial charge on any atom is 0.220 e. The van der Waals surface area contributed by atoms with Crippen molar-refractivity contribution in [2.75, 3.05) is 7.11 Å². The molecule has 0 saturated heterocycles. The van der Waals surface area contributed by atoms with Gasteiger partial charge in [-0.25, -0.2) is 4.98 Å². The van der Waals surface area contributed by atoms with E-state index in [1.165, 1.54) is 0 Å². The van der Waals surface area contributed by atoms with Crippen molar-refractivity contribution in [1.82, 2.24) is 4.98 Å². The van der Waals surface area contributed by atoms with Crippen LogP contribution in [-0.4, -0.2) is 18.2 Å². The molecule has 24 heavy (non-hydrogen) atoms. The minimum absolute atomic E-state index is 0.0116. The van der Waals surface area contributed by atoms with Gasteiger partial charge in [-0.2, -0.15) is 0 Å². The van der Waals surface area contributed by atoms with Crippen LogP contribution in [0.4, 0.5) is 0 Å². The summed E-state index contributed by atoms with van der Waals surface area (Å²) in [5.41, 5.74) is 2.46. The Hall–Kier alpha value is -2.46. The third kappa shape index (κ3) is 3.54. The van der Waals surface area contributed by atoms with E-state index < -0.39 is 0 Å². The lowest BCUT2D eigenvalue weighted by Crippen LogP contribution is -2.07. The summed E-state index contributed by atoms with van der Waals surface area (Å²) in [6, 6.07) is 11.3. The molecule has 0 radical (unpaired) electrons. The smallest absolute Gasteiger partial charge is 0.220 e. The van der Waals surface area contributed by atoms with E-state index in [1.807, 2.05) is 56.3 Å². The van der Waals surface area contributed by atoms with Crippen LogP contribution in [0.15, 0.2) is 40.8 Å². The summed E-state index contributed by atoms with van der Waals surface area (Å²) in [6.45, 7) is 3.88. The Morgan fingerprint density at radius 1 is 1.17 bits per heavy atom. The van der Waals surface area contributed by atoms with Gasteiger partial charge in [-0.1, -0.05) is 23.7 Å². The Labute approximate surface area is 145 Å². The Balaban J connectivity index is 1.90. The van der Waals surface area contributed by atoms with Crippen LogP contribution in [0, 0.1) is 0 Å².